The lowest BCUT2D eigenvalue weighted by molar-refractivity contribution is -0.385. The zero-order valence-corrected chi connectivity index (χ0v) is 14.4. The molecule has 9 heteroatoms. The second-order valence-electron chi connectivity index (χ2n) is 5.22. The summed E-state index contributed by atoms with van der Waals surface area (Å²) >= 11 is 12.0. The van der Waals surface area contributed by atoms with Crippen LogP contribution in [0, 0.1) is 10.1 Å². The van der Waals surface area contributed by atoms with E-state index in [4.69, 9.17) is 27.9 Å². The SMILES string of the molecule is CC(=O)N1N=C(c2ccc(Cl)cc2Cl)O[C@H]1c1cccc([N+](=O)[O-])c1. The lowest BCUT2D eigenvalue weighted by Crippen LogP contribution is -2.25. The third-order valence-corrected chi connectivity index (χ3v) is 4.04. The van der Waals surface area contributed by atoms with Gasteiger partial charge in [0.2, 0.25) is 18.0 Å². The summed E-state index contributed by atoms with van der Waals surface area (Å²) < 4.78 is 5.77. The fraction of sp³-hybridized carbons (Fsp3) is 0.125. The first-order chi connectivity index (χ1) is 11.9. The summed E-state index contributed by atoms with van der Waals surface area (Å²) in [4.78, 5) is 22.4. The van der Waals surface area contributed by atoms with E-state index in [-0.39, 0.29) is 17.5 Å². The van der Waals surface area contributed by atoms with Crippen LogP contribution >= 0.6 is 23.2 Å². The van der Waals surface area contributed by atoms with Crippen LogP contribution in [0.2, 0.25) is 10.0 Å². The Bertz CT molecular complexity index is 901. The molecule has 7 nitrogen and oxygen atoms in total. The summed E-state index contributed by atoms with van der Waals surface area (Å²) in [5.41, 5.74) is 0.779. The number of hydrogen-bond acceptors (Lipinski definition) is 5. The molecular formula is C16H11Cl2N3O4. The van der Waals surface area contributed by atoms with Crippen LogP contribution < -0.4 is 0 Å². The van der Waals surface area contributed by atoms with E-state index in [1.807, 2.05) is 0 Å². The van der Waals surface area contributed by atoms with Crippen LogP contribution in [0.25, 0.3) is 0 Å². The van der Waals surface area contributed by atoms with Crippen molar-refractivity contribution in [2.75, 3.05) is 0 Å². The highest BCUT2D eigenvalue weighted by molar-refractivity contribution is 6.36. The number of carbonyl (C=O) groups excluding carboxylic acids is 1. The van der Waals surface area contributed by atoms with Gasteiger partial charge in [-0.05, 0) is 18.2 Å². The normalized spacial score (nSPS) is 16.4. The number of carbonyl (C=O) groups is 1. The first-order valence-corrected chi connectivity index (χ1v) is 7.87. The van der Waals surface area contributed by atoms with E-state index in [2.05, 4.69) is 5.10 Å². The van der Waals surface area contributed by atoms with Crippen LogP contribution in [-0.4, -0.2) is 21.7 Å². The van der Waals surface area contributed by atoms with Crippen molar-refractivity contribution >= 4 is 40.7 Å². The van der Waals surface area contributed by atoms with E-state index in [9.17, 15) is 14.9 Å². The number of hydrogen-bond donors (Lipinski definition) is 0. The number of nitro benzene ring substituents is 1. The predicted molar refractivity (Wildman–Crippen MR) is 92.4 cm³/mol. The van der Waals surface area contributed by atoms with Gasteiger partial charge in [-0.1, -0.05) is 35.3 Å². The molecular weight excluding hydrogens is 369 g/mol. The molecule has 0 aliphatic carbocycles. The maximum Gasteiger partial charge on any atom is 0.269 e. The molecule has 1 aliphatic rings. The van der Waals surface area contributed by atoms with Gasteiger partial charge in [-0.3, -0.25) is 14.9 Å². The molecule has 0 saturated heterocycles. The van der Waals surface area contributed by atoms with Gasteiger partial charge in [0.05, 0.1) is 15.5 Å². The number of benzene rings is 2. The number of non-ortho nitro benzene ring substituents is 1. The van der Waals surface area contributed by atoms with Crippen molar-refractivity contribution in [2.45, 2.75) is 13.2 Å². The van der Waals surface area contributed by atoms with Gasteiger partial charge in [-0.25, -0.2) is 0 Å². The minimum absolute atomic E-state index is 0.109. The molecule has 1 aliphatic heterocycles. The molecule has 1 atom stereocenters. The summed E-state index contributed by atoms with van der Waals surface area (Å²) in [6, 6.07) is 10.6. The number of amides is 1. The molecule has 0 unspecified atom stereocenters. The van der Waals surface area contributed by atoms with Crippen molar-refractivity contribution in [3.8, 4) is 0 Å². The number of nitrogens with zero attached hydrogens (tertiary/aromatic N) is 3. The molecule has 1 amide bonds. The van der Waals surface area contributed by atoms with Gasteiger partial charge < -0.3 is 4.74 Å². The van der Waals surface area contributed by atoms with E-state index in [0.717, 1.165) is 5.01 Å². The van der Waals surface area contributed by atoms with Gasteiger partial charge in [-0.2, -0.15) is 5.01 Å². The Hall–Kier alpha value is -2.64. The Morgan fingerprint density at radius 2 is 2.04 bits per heavy atom. The molecule has 3 rings (SSSR count). The number of ether oxygens (including phenoxy) is 1. The predicted octanol–water partition coefficient (Wildman–Crippen LogP) is 4.14. The maximum absolute atomic E-state index is 11.9. The standard InChI is InChI=1S/C16H11Cl2N3O4/c1-9(22)20-16(10-3-2-4-12(7-10)21(23)24)25-15(19-20)13-6-5-11(17)8-14(13)18/h2-8,16H,1H3/t16-/m0/s1. The molecule has 1 heterocycles. The number of halogens is 2. The molecule has 0 aromatic heterocycles. The van der Waals surface area contributed by atoms with E-state index < -0.39 is 11.2 Å². The molecule has 25 heavy (non-hydrogen) atoms. The lowest BCUT2D eigenvalue weighted by Gasteiger charge is -2.19. The highest BCUT2D eigenvalue weighted by Crippen LogP contribution is 2.33. The summed E-state index contributed by atoms with van der Waals surface area (Å²) in [7, 11) is 0. The Labute approximate surface area is 152 Å². The summed E-state index contributed by atoms with van der Waals surface area (Å²) in [5.74, 6) is -0.245. The topological polar surface area (TPSA) is 85.0 Å². The van der Waals surface area contributed by atoms with Crippen LogP contribution in [0.4, 0.5) is 5.69 Å². The second kappa shape index (κ2) is 6.70. The van der Waals surface area contributed by atoms with E-state index >= 15 is 0 Å². The summed E-state index contributed by atoms with van der Waals surface area (Å²) in [6.45, 7) is 1.32. The van der Waals surface area contributed by atoms with Crippen LogP contribution in [0.5, 0.6) is 0 Å². The Kier molecular flexibility index (Phi) is 4.61. The van der Waals surface area contributed by atoms with Gasteiger partial charge in [0.15, 0.2) is 0 Å². The van der Waals surface area contributed by atoms with Crippen molar-refractivity contribution in [2.24, 2.45) is 5.10 Å². The first kappa shape index (κ1) is 17.2. The molecule has 0 saturated carbocycles. The zero-order chi connectivity index (χ0) is 18.1. The average molecular weight is 380 g/mol. The molecule has 0 spiro atoms. The van der Waals surface area contributed by atoms with Crippen molar-refractivity contribution in [1.82, 2.24) is 5.01 Å². The molecule has 128 valence electrons. The van der Waals surface area contributed by atoms with Crippen molar-refractivity contribution in [3.05, 3.63) is 73.8 Å². The Morgan fingerprint density at radius 3 is 2.68 bits per heavy atom. The molecule has 0 N–H and O–H groups in total. The summed E-state index contributed by atoms with van der Waals surface area (Å²) in [6.07, 6.45) is -0.917. The van der Waals surface area contributed by atoms with Gasteiger partial charge >= 0.3 is 0 Å². The Morgan fingerprint density at radius 1 is 1.28 bits per heavy atom. The van der Waals surface area contributed by atoms with Gasteiger partial charge in [0, 0.05) is 29.6 Å². The van der Waals surface area contributed by atoms with Crippen LogP contribution in [0.1, 0.15) is 24.3 Å². The van der Waals surface area contributed by atoms with E-state index in [1.54, 1.807) is 18.2 Å². The van der Waals surface area contributed by atoms with Crippen molar-refractivity contribution < 1.29 is 14.5 Å². The van der Waals surface area contributed by atoms with Gasteiger partial charge in [-0.15, -0.1) is 5.10 Å². The molecule has 0 fully saturated rings. The minimum Gasteiger partial charge on any atom is -0.446 e. The number of rotatable bonds is 3. The largest absolute Gasteiger partial charge is 0.446 e. The fourth-order valence-corrected chi connectivity index (χ4v) is 2.84. The van der Waals surface area contributed by atoms with E-state index in [0.29, 0.717) is 21.2 Å². The lowest BCUT2D eigenvalue weighted by atomic mass is 10.1. The molecule has 0 bridgehead atoms. The zero-order valence-electron chi connectivity index (χ0n) is 12.8. The third-order valence-electron chi connectivity index (χ3n) is 3.49. The number of nitro groups is 1. The van der Waals surface area contributed by atoms with E-state index in [1.165, 1.54) is 31.2 Å². The van der Waals surface area contributed by atoms with Crippen LogP contribution in [-0.2, 0) is 9.53 Å². The quantitative estimate of drug-likeness (QED) is 0.592. The van der Waals surface area contributed by atoms with Gasteiger partial charge in [0.1, 0.15) is 0 Å². The maximum atomic E-state index is 11.9. The van der Waals surface area contributed by atoms with Gasteiger partial charge in [0.25, 0.3) is 5.69 Å². The summed E-state index contributed by atoms with van der Waals surface area (Å²) in [5, 5.41) is 17.0. The number of hydrazone groups is 1. The third kappa shape index (κ3) is 3.42. The molecule has 2 aromatic rings. The van der Waals surface area contributed by atoms with Crippen LogP contribution in [0.15, 0.2) is 47.6 Å². The smallest absolute Gasteiger partial charge is 0.269 e. The minimum atomic E-state index is -0.917. The van der Waals surface area contributed by atoms with Crippen molar-refractivity contribution in [3.63, 3.8) is 0 Å². The molecule has 0 radical (unpaired) electrons. The highest BCUT2D eigenvalue weighted by atomic mass is 35.5. The Balaban J connectivity index is 1.99. The monoisotopic (exact) mass is 379 g/mol. The first-order valence-electron chi connectivity index (χ1n) is 7.11. The van der Waals surface area contributed by atoms with Crippen molar-refractivity contribution in [1.29, 1.82) is 0 Å². The second-order valence-corrected chi connectivity index (χ2v) is 6.06. The average Bonchev–Trinajstić information content (AvgIpc) is 3.00. The fourth-order valence-electron chi connectivity index (χ4n) is 2.35. The van der Waals surface area contributed by atoms with Crippen LogP contribution in [0.3, 0.4) is 0 Å². The highest BCUT2D eigenvalue weighted by Gasteiger charge is 2.34. The molecule has 2 aromatic carbocycles.